The summed E-state index contributed by atoms with van der Waals surface area (Å²) in [4.78, 5) is 11.6. The molecule has 0 unspecified atom stereocenters. The Hall–Kier alpha value is -1.02. The highest BCUT2D eigenvalue weighted by molar-refractivity contribution is 14.0. The van der Waals surface area contributed by atoms with Crippen LogP contribution < -0.4 is 10.6 Å². The van der Waals surface area contributed by atoms with Crippen LogP contribution >= 0.6 is 24.0 Å². The average Bonchev–Trinajstić information content (AvgIpc) is 2.61. The second kappa shape index (κ2) is 11.5. The Morgan fingerprint density at radius 2 is 1.71 bits per heavy atom. The van der Waals surface area contributed by atoms with Crippen LogP contribution in [0.1, 0.15) is 20.3 Å². The van der Waals surface area contributed by atoms with E-state index < -0.39 is 0 Å². The number of aliphatic imine (C=N–C) groups is 1. The van der Waals surface area contributed by atoms with Crippen LogP contribution in [0.2, 0.25) is 0 Å². The molecule has 2 rings (SSSR count). The van der Waals surface area contributed by atoms with E-state index in [9.17, 15) is 0 Å². The molecular formula is C18H32IN5. The molecule has 0 radical (unpaired) electrons. The molecule has 1 saturated heterocycles. The first-order chi connectivity index (χ1) is 11.2. The van der Waals surface area contributed by atoms with E-state index in [-0.39, 0.29) is 24.0 Å². The van der Waals surface area contributed by atoms with Crippen molar-refractivity contribution in [2.75, 3.05) is 57.3 Å². The van der Waals surface area contributed by atoms with Gasteiger partial charge >= 0.3 is 0 Å². The summed E-state index contributed by atoms with van der Waals surface area (Å²) in [5.41, 5.74) is 7.33. The molecule has 1 fully saturated rings. The minimum absolute atomic E-state index is 0. The van der Waals surface area contributed by atoms with Crippen LogP contribution in [0.4, 0.5) is 5.69 Å². The second-order valence-corrected chi connectivity index (χ2v) is 5.93. The predicted molar refractivity (Wildman–Crippen MR) is 115 cm³/mol. The molecule has 136 valence electrons. The molecule has 0 bridgehead atoms. The highest BCUT2D eigenvalue weighted by atomic mass is 127. The van der Waals surface area contributed by atoms with Gasteiger partial charge in [-0.3, -0.25) is 9.89 Å². The lowest BCUT2D eigenvalue weighted by molar-refractivity contribution is 0.256. The predicted octanol–water partition coefficient (Wildman–Crippen LogP) is 2.47. The van der Waals surface area contributed by atoms with Crippen molar-refractivity contribution in [1.82, 2.24) is 9.80 Å². The standard InChI is InChI=1S/C18H31N5.HI/c1-3-22(4-2)18(19)20-11-8-12-21-13-15-23(16-14-21)17-9-6-5-7-10-17;/h5-7,9-10H,3-4,8,11-16H2,1-2H3,(H2,19,20);1H. The number of hydrogen-bond acceptors (Lipinski definition) is 3. The maximum atomic E-state index is 6.00. The molecule has 2 N–H and O–H groups in total. The molecule has 1 aliphatic rings. The molecule has 0 aromatic heterocycles. The molecule has 24 heavy (non-hydrogen) atoms. The van der Waals surface area contributed by atoms with Gasteiger partial charge in [0.15, 0.2) is 5.96 Å². The summed E-state index contributed by atoms with van der Waals surface area (Å²) in [6.07, 6.45) is 1.08. The Labute approximate surface area is 163 Å². The van der Waals surface area contributed by atoms with Gasteiger partial charge in [0, 0.05) is 58.0 Å². The summed E-state index contributed by atoms with van der Waals surface area (Å²) in [7, 11) is 0. The van der Waals surface area contributed by atoms with Crippen molar-refractivity contribution in [2.45, 2.75) is 20.3 Å². The SMILES string of the molecule is CCN(CC)C(N)=NCCCN1CCN(c2ccccc2)CC1.I. The van der Waals surface area contributed by atoms with E-state index in [1.807, 2.05) is 0 Å². The number of anilines is 1. The van der Waals surface area contributed by atoms with Gasteiger partial charge in [-0.15, -0.1) is 24.0 Å². The molecular weight excluding hydrogens is 413 g/mol. The molecule has 0 aliphatic carbocycles. The number of piperazine rings is 1. The van der Waals surface area contributed by atoms with Crippen molar-refractivity contribution in [3.63, 3.8) is 0 Å². The molecule has 6 heteroatoms. The first-order valence-electron chi connectivity index (χ1n) is 8.81. The fourth-order valence-electron chi connectivity index (χ4n) is 3.00. The van der Waals surface area contributed by atoms with Crippen molar-refractivity contribution < 1.29 is 0 Å². The average molecular weight is 445 g/mol. The van der Waals surface area contributed by atoms with E-state index in [0.29, 0.717) is 5.96 Å². The summed E-state index contributed by atoms with van der Waals surface area (Å²) in [5, 5.41) is 0. The lowest BCUT2D eigenvalue weighted by Gasteiger charge is -2.36. The van der Waals surface area contributed by atoms with E-state index in [1.54, 1.807) is 0 Å². The third kappa shape index (κ3) is 6.47. The Morgan fingerprint density at radius 3 is 2.29 bits per heavy atom. The molecule has 0 saturated carbocycles. The summed E-state index contributed by atoms with van der Waals surface area (Å²) in [6.45, 7) is 12.5. The largest absolute Gasteiger partial charge is 0.370 e. The number of halogens is 1. The van der Waals surface area contributed by atoms with Gasteiger partial charge in [-0.1, -0.05) is 18.2 Å². The first-order valence-corrected chi connectivity index (χ1v) is 8.81. The summed E-state index contributed by atoms with van der Waals surface area (Å²) < 4.78 is 0. The zero-order valence-corrected chi connectivity index (χ0v) is 17.4. The highest BCUT2D eigenvalue weighted by Gasteiger charge is 2.16. The summed E-state index contributed by atoms with van der Waals surface area (Å²) in [5.74, 6) is 0.684. The quantitative estimate of drug-likeness (QED) is 0.303. The Kier molecular flexibility index (Phi) is 10.1. The zero-order valence-electron chi connectivity index (χ0n) is 15.0. The highest BCUT2D eigenvalue weighted by Crippen LogP contribution is 2.15. The van der Waals surface area contributed by atoms with Crippen molar-refractivity contribution >= 4 is 35.6 Å². The number of benzene rings is 1. The van der Waals surface area contributed by atoms with E-state index in [4.69, 9.17) is 5.73 Å². The van der Waals surface area contributed by atoms with Gasteiger partial charge < -0.3 is 15.5 Å². The third-order valence-electron chi connectivity index (χ3n) is 4.49. The maximum absolute atomic E-state index is 6.00. The van der Waals surface area contributed by atoms with Crippen LogP contribution in [0.3, 0.4) is 0 Å². The van der Waals surface area contributed by atoms with Gasteiger partial charge in [-0.25, -0.2) is 0 Å². The summed E-state index contributed by atoms with van der Waals surface area (Å²) >= 11 is 0. The van der Waals surface area contributed by atoms with Gasteiger partial charge in [-0.05, 0) is 32.4 Å². The molecule has 5 nitrogen and oxygen atoms in total. The Balaban J connectivity index is 0.00000288. The molecule has 1 aliphatic heterocycles. The van der Waals surface area contributed by atoms with Gasteiger partial charge in [0.1, 0.15) is 0 Å². The van der Waals surface area contributed by atoms with E-state index in [1.165, 1.54) is 5.69 Å². The molecule has 1 aromatic carbocycles. The lowest BCUT2D eigenvalue weighted by atomic mass is 10.2. The van der Waals surface area contributed by atoms with E-state index in [0.717, 1.165) is 58.8 Å². The number of nitrogens with zero attached hydrogens (tertiary/aromatic N) is 4. The van der Waals surface area contributed by atoms with Crippen LogP contribution in [0.25, 0.3) is 0 Å². The smallest absolute Gasteiger partial charge is 0.191 e. The number of nitrogens with two attached hydrogens (primary N) is 1. The molecule has 1 aromatic rings. The molecule has 0 amide bonds. The van der Waals surface area contributed by atoms with Gasteiger partial charge in [0.25, 0.3) is 0 Å². The topological polar surface area (TPSA) is 48.1 Å². The van der Waals surface area contributed by atoms with Gasteiger partial charge in [-0.2, -0.15) is 0 Å². The van der Waals surface area contributed by atoms with Gasteiger partial charge in [0.2, 0.25) is 0 Å². The monoisotopic (exact) mass is 445 g/mol. The van der Waals surface area contributed by atoms with Crippen LogP contribution in [0, 0.1) is 0 Å². The Bertz CT molecular complexity index is 468. The van der Waals surface area contributed by atoms with Crippen molar-refractivity contribution in [2.24, 2.45) is 10.7 Å². The minimum Gasteiger partial charge on any atom is -0.370 e. The third-order valence-corrected chi connectivity index (χ3v) is 4.49. The molecule has 0 atom stereocenters. The second-order valence-electron chi connectivity index (χ2n) is 5.93. The summed E-state index contributed by atoms with van der Waals surface area (Å²) in [6, 6.07) is 10.7. The van der Waals surface area contributed by atoms with Crippen LogP contribution in [-0.4, -0.2) is 68.1 Å². The van der Waals surface area contributed by atoms with Crippen molar-refractivity contribution in [1.29, 1.82) is 0 Å². The van der Waals surface area contributed by atoms with Crippen molar-refractivity contribution in [3.8, 4) is 0 Å². The van der Waals surface area contributed by atoms with Crippen LogP contribution in [-0.2, 0) is 0 Å². The van der Waals surface area contributed by atoms with E-state index >= 15 is 0 Å². The fourth-order valence-corrected chi connectivity index (χ4v) is 3.00. The van der Waals surface area contributed by atoms with Crippen LogP contribution in [0.15, 0.2) is 35.3 Å². The number of hydrogen-bond donors (Lipinski definition) is 1. The van der Waals surface area contributed by atoms with E-state index in [2.05, 4.69) is 63.9 Å². The Morgan fingerprint density at radius 1 is 1.08 bits per heavy atom. The minimum atomic E-state index is 0. The molecule has 1 heterocycles. The zero-order chi connectivity index (χ0) is 16.5. The lowest BCUT2D eigenvalue weighted by Crippen LogP contribution is -2.46. The van der Waals surface area contributed by atoms with Crippen molar-refractivity contribution in [3.05, 3.63) is 30.3 Å². The van der Waals surface area contributed by atoms with Gasteiger partial charge in [0.05, 0.1) is 0 Å². The normalized spacial score (nSPS) is 15.9. The van der Waals surface area contributed by atoms with Crippen LogP contribution in [0.5, 0.6) is 0 Å². The number of para-hydroxylation sites is 1. The fraction of sp³-hybridized carbons (Fsp3) is 0.611. The number of guanidine groups is 1. The number of rotatable bonds is 7. The maximum Gasteiger partial charge on any atom is 0.191 e. The first kappa shape index (κ1) is 21.0. The molecule has 0 spiro atoms.